The maximum atomic E-state index is 11.3. The first-order valence-corrected chi connectivity index (χ1v) is 6.78. The summed E-state index contributed by atoms with van der Waals surface area (Å²) in [7, 11) is 0. The van der Waals surface area contributed by atoms with Gasteiger partial charge in [-0.2, -0.15) is 5.10 Å². The third-order valence-electron chi connectivity index (χ3n) is 3.30. The molecule has 1 aliphatic heterocycles. The Morgan fingerprint density at radius 2 is 2.44 bits per heavy atom. The number of amides is 2. The standard InChI is InChI=1S/C12H13N3O2S/c1-6(16)13-9-5-18-12-8(9)3-2-7-4-10(17)14-15-11(7)12/h5,7H,2-4H2,1H3,(H,13,16)(H,14,17). The van der Waals surface area contributed by atoms with Gasteiger partial charge in [-0.15, -0.1) is 11.3 Å². The fourth-order valence-corrected chi connectivity index (χ4v) is 3.64. The van der Waals surface area contributed by atoms with Gasteiger partial charge >= 0.3 is 0 Å². The molecule has 0 spiro atoms. The van der Waals surface area contributed by atoms with E-state index in [0.29, 0.717) is 6.42 Å². The molecule has 0 saturated carbocycles. The zero-order valence-electron chi connectivity index (χ0n) is 9.95. The molecule has 2 N–H and O–H groups in total. The molecular formula is C12H13N3O2S. The van der Waals surface area contributed by atoms with E-state index in [0.717, 1.165) is 34.7 Å². The second-order valence-electron chi connectivity index (χ2n) is 4.61. The Bertz CT molecular complexity index is 562. The molecule has 1 atom stereocenters. The van der Waals surface area contributed by atoms with Crippen molar-refractivity contribution in [1.82, 2.24) is 5.43 Å². The molecule has 1 unspecified atom stereocenters. The summed E-state index contributed by atoms with van der Waals surface area (Å²) in [5, 5.41) is 8.98. The summed E-state index contributed by atoms with van der Waals surface area (Å²) in [6.45, 7) is 1.51. The van der Waals surface area contributed by atoms with E-state index in [4.69, 9.17) is 0 Å². The molecular weight excluding hydrogens is 250 g/mol. The van der Waals surface area contributed by atoms with Crippen LogP contribution in [-0.2, 0) is 16.0 Å². The monoisotopic (exact) mass is 263 g/mol. The third kappa shape index (κ3) is 1.82. The van der Waals surface area contributed by atoms with Crippen LogP contribution in [0.3, 0.4) is 0 Å². The van der Waals surface area contributed by atoms with Crippen molar-refractivity contribution in [2.24, 2.45) is 11.0 Å². The summed E-state index contributed by atoms with van der Waals surface area (Å²) in [5.74, 6) is 0.164. The highest BCUT2D eigenvalue weighted by molar-refractivity contribution is 7.13. The lowest BCUT2D eigenvalue weighted by Crippen LogP contribution is -2.35. The van der Waals surface area contributed by atoms with Gasteiger partial charge in [-0.25, -0.2) is 5.43 Å². The summed E-state index contributed by atoms with van der Waals surface area (Å²) < 4.78 is 0. The quantitative estimate of drug-likeness (QED) is 0.806. The molecule has 0 bridgehead atoms. The van der Waals surface area contributed by atoms with Crippen LogP contribution in [0.4, 0.5) is 5.69 Å². The maximum absolute atomic E-state index is 11.3. The van der Waals surface area contributed by atoms with Gasteiger partial charge in [0.05, 0.1) is 16.3 Å². The lowest BCUT2D eigenvalue weighted by molar-refractivity contribution is -0.122. The maximum Gasteiger partial charge on any atom is 0.240 e. The van der Waals surface area contributed by atoms with Crippen molar-refractivity contribution in [3.63, 3.8) is 0 Å². The van der Waals surface area contributed by atoms with Crippen LogP contribution in [0.1, 0.15) is 30.2 Å². The van der Waals surface area contributed by atoms with E-state index in [2.05, 4.69) is 15.8 Å². The molecule has 5 nitrogen and oxygen atoms in total. The molecule has 0 saturated heterocycles. The number of rotatable bonds is 1. The van der Waals surface area contributed by atoms with Gasteiger partial charge in [-0.1, -0.05) is 0 Å². The molecule has 18 heavy (non-hydrogen) atoms. The van der Waals surface area contributed by atoms with Gasteiger partial charge in [-0.05, 0) is 18.4 Å². The first-order chi connectivity index (χ1) is 8.65. The van der Waals surface area contributed by atoms with E-state index >= 15 is 0 Å². The van der Waals surface area contributed by atoms with Gasteiger partial charge < -0.3 is 5.32 Å². The Morgan fingerprint density at radius 3 is 3.22 bits per heavy atom. The zero-order valence-corrected chi connectivity index (χ0v) is 10.8. The summed E-state index contributed by atoms with van der Waals surface area (Å²) in [4.78, 5) is 23.5. The van der Waals surface area contributed by atoms with Crippen LogP contribution < -0.4 is 10.7 Å². The largest absolute Gasteiger partial charge is 0.325 e. The Kier molecular flexibility index (Phi) is 2.66. The molecule has 2 aliphatic rings. The molecule has 1 aliphatic carbocycles. The van der Waals surface area contributed by atoms with Gasteiger partial charge in [0.1, 0.15) is 0 Å². The summed E-state index contributed by atoms with van der Waals surface area (Å²) in [6.07, 6.45) is 2.33. The number of hydrogen-bond donors (Lipinski definition) is 2. The molecule has 3 rings (SSSR count). The molecule has 0 aromatic carbocycles. The van der Waals surface area contributed by atoms with Crippen LogP contribution >= 0.6 is 11.3 Å². The number of nitrogens with zero attached hydrogens (tertiary/aromatic N) is 1. The number of fused-ring (bicyclic) bond motifs is 3. The Hall–Kier alpha value is -1.69. The van der Waals surface area contributed by atoms with Crippen molar-refractivity contribution in [2.75, 3.05) is 5.32 Å². The van der Waals surface area contributed by atoms with Crippen LogP contribution in [0.2, 0.25) is 0 Å². The SMILES string of the molecule is CC(=O)Nc1csc2c1CCC1CC(=O)NN=C21. The average molecular weight is 263 g/mol. The van der Waals surface area contributed by atoms with Crippen molar-refractivity contribution in [2.45, 2.75) is 26.2 Å². The van der Waals surface area contributed by atoms with Crippen molar-refractivity contribution in [3.05, 3.63) is 15.8 Å². The Morgan fingerprint density at radius 1 is 1.61 bits per heavy atom. The molecule has 1 aromatic heterocycles. The second-order valence-corrected chi connectivity index (χ2v) is 5.49. The zero-order chi connectivity index (χ0) is 12.7. The van der Waals surface area contributed by atoms with E-state index in [9.17, 15) is 9.59 Å². The predicted octanol–water partition coefficient (Wildman–Crippen LogP) is 1.49. The van der Waals surface area contributed by atoms with E-state index in [1.165, 1.54) is 6.92 Å². The molecule has 2 heterocycles. The summed E-state index contributed by atoms with van der Waals surface area (Å²) in [5.41, 5.74) is 5.55. The fraction of sp³-hybridized carbons (Fsp3) is 0.417. The minimum atomic E-state index is -0.0587. The minimum Gasteiger partial charge on any atom is -0.325 e. The number of hydrazone groups is 1. The van der Waals surface area contributed by atoms with Crippen LogP contribution in [0.15, 0.2) is 10.5 Å². The van der Waals surface area contributed by atoms with Crippen LogP contribution in [0, 0.1) is 5.92 Å². The molecule has 94 valence electrons. The summed E-state index contributed by atoms with van der Waals surface area (Å²) in [6, 6.07) is 0. The normalized spacial score (nSPS) is 21.5. The molecule has 2 amide bonds. The molecule has 0 radical (unpaired) electrons. The van der Waals surface area contributed by atoms with Gasteiger partial charge in [0.25, 0.3) is 0 Å². The van der Waals surface area contributed by atoms with Crippen molar-refractivity contribution < 1.29 is 9.59 Å². The van der Waals surface area contributed by atoms with Crippen LogP contribution in [-0.4, -0.2) is 17.5 Å². The van der Waals surface area contributed by atoms with Crippen molar-refractivity contribution in [1.29, 1.82) is 0 Å². The number of carbonyl (C=O) groups is 2. The lowest BCUT2D eigenvalue weighted by Gasteiger charge is -2.27. The van der Waals surface area contributed by atoms with Crippen molar-refractivity contribution >= 4 is 34.6 Å². The smallest absolute Gasteiger partial charge is 0.240 e. The van der Waals surface area contributed by atoms with Gasteiger partial charge in [0.15, 0.2) is 0 Å². The Labute approximate surface area is 108 Å². The number of anilines is 1. The lowest BCUT2D eigenvalue weighted by atomic mass is 9.84. The molecule has 1 aromatic rings. The van der Waals surface area contributed by atoms with Gasteiger partial charge in [0, 0.05) is 24.6 Å². The Balaban J connectivity index is 1.98. The minimum absolute atomic E-state index is 0.00848. The number of carbonyl (C=O) groups excluding carboxylic acids is 2. The second kappa shape index (κ2) is 4.20. The van der Waals surface area contributed by atoms with Crippen molar-refractivity contribution in [3.8, 4) is 0 Å². The van der Waals surface area contributed by atoms with Crippen LogP contribution in [0.25, 0.3) is 0 Å². The average Bonchev–Trinajstić information content (AvgIpc) is 2.71. The first kappa shape index (κ1) is 11.4. The third-order valence-corrected chi connectivity index (χ3v) is 4.34. The van der Waals surface area contributed by atoms with E-state index in [-0.39, 0.29) is 17.7 Å². The molecule has 6 heteroatoms. The number of nitrogens with one attached hydrogen (secondary N) is 2. The highest BCUT2D eigenvalue weighted by Crippen LogP contribution is 2.38. The number of hydrogen-bond acceptors (Lipinski definition) is 4. The first-order valence-electron chi connectivity index (χ1n) is 5.90. The predicted molar refractivity (Wildman–Crippen MR) is 69.7 cm³/mol. The van der Waals surface area contributed by atoms with Gasteiger partial charge in [0.2, 0.25) is 11.8 Å². The topological polar surface area (TPSA) is 70.6 Å². The van der Waals surface area contributed by atoms with E-state index in [1.807, 2.05) is 5.38 Å². The number of thiophene rings is 1. The molecule has 0 fully saturated rings. The fourth-order valence-electron chi connectivity index (χ4n) is 2.51. The summed E-state index contributed by atoms with van der Waals surface area (Å²) >= 11 is 1.58. The van der Waals surface area contributed by atoms with Crippen LogP contribution in [0.5, 0.6) is 0 Å². The van der Waals surface area contributed by atoms with E-state index < -0.39 is 0 Å². The van der Waals surface area contributed by atoms with Gasteiger partial charge in [-0.3, -0.25) is 9.59 Å². The highest BCUT2D eigenvalue weighted by Gasteiger charge is 2.33. The highest BCUT2D eigenvalue weighted by atomic mass is 32.1. The van der Waals surface area contributed by atoms with E-state index in [1.54, 1.807) is 11.3 Å².